The van der Waals surface area contributed by atoms with E-state index in [-0.39, 0.29) is 0 Å². The number of thiophene rings is 4. The average Bonchev–Trinajstić information content (AvgIpc) is 1.55. The first-order valence-electron chi connectivity index (χ1n) is 30.9. The quantitative estimate of drug-likeness (QED) is 0.157. The third-order valence-corrected chi connectivity index (χ3v) is 22.7. The summed E-state index contributed by atoms with van der Waals surface area (Å²) in [6.07, 6.45) is 0. The molecule has 0 saturated carbocycles. The Bertz CT molecular complexity index is 5660. The zero-order chi connectivity index (χ0) is 62.2. The molecule has 0 spiro atoms. The highest BCUT2D eigenvalue weighted by Crippen LogP contribution is 2.51. The van der Waals surface area contributed by atoms with Gasteiger partial charge in [-0.15, -0.1) is 69.0 Å². The second-order valence-corrected chi connectivity index (χ2v) is 28.1. The van der Waals surface area contributed by atoms with E-state index in [1.54, 1.807) is 0 Å². The van der Waals surface area contributed by atoms with E-state index in [0.29, 0.717) is 0 Å². The fraction of sp³-hybridized carbons (Fsp3) is 0.0952. The molecule has 0 aliphatic heterocycles. The van der Waals surface area contributed by atoms with Crippen LogP contribution in [0.4, 0.5) is 0 Å². The molecular weight excluding hydrogens is 1190 g/mol. The highest BCUT2D eigenvalue weighted by molar-refractivity contribution is 7.29. The van der Waals surface area contributed by atoms with E-state index in [9.17, 15) is 0 Å². The van der Waals surface area contributed by atoms with Crippen LogP contribution in [0.15, 0.2) is 194 Å². The molecular formula is C84H56N4S4. The predicted molar refractivity (Wildman–Crippen MR) is 401 cm³/mol. The van der Waals surface area contributed by atoms with Crippen LogP contribution in [0.2, 0.25) is 0 Å². The van der Waals surface area contributed by atoms with Crippen molar-refractivity contribution in [1.29, 1.82) is 0 Å². The van der Waals surface area contributed by atoms with Crippen molar-refractivity contribution >= 4 is 170 Å². The SMILES string of the molecule is CC#Cc1ccc2c3sc4cc5c(cc4c3n(-c3ccc(C)cc3)c2c1)sc1c2ccc(C#CC)cc2n(-c2ccc(C)cc2)c51.CC#Cc1ccc2c3sc4cc5c(cc4c3n(-c3ccc(C)cc3)c2c1)sc1c2ccc(C#CC)cc2n(-c2ccc(C)cc2)c51. The standard InChI is InChI=1S/2C42H28N2S2/c2*1-5-7-27-13-19-31-35(21-27)43(29-15-9-25(3)10-16-29)39-33-23-38-34(24-37(33)45-41(31)39)40-42(46-38)32-20-14-28(8-6-2)22-36(32)44(40)30-17-11-26(4)12-18-30/h2*9-24H,1-4H3. The van der Waals surface area contributed by atoms with Gasteiger partial charge in [-0.25, -0.2) is 0 Å². The molecule has 0 N–H and O–H groups in total. The molecule has 0 radical (unpaired) electrons. The maximum Gasteiger partial charge on any atom is 0.0728 e. The van der Waals surface area contributed by atoms with Crippen molar-refractivity contribution < 1.29 is 0 Å². The Morgan fingerprint density at radius 3 is 0.641 bits per heavy atom. The minimum Gasteiger partial charge on any atom is -0.308 e. The van der Waals surface area contributed by atoms with Crippen LogP contribution in [0.5, 0.6) is 0 Å². The smallest absolute Gasteiger partial charge is 0.0728 e. The summed E-state index contributed by atoms with van der Waals surface area (Å²) in [5.41, 5.74) is 23.8. The van der Waals surface area contributed by atoms with E-state index in [2.05, 4.69) is 287 Å². The molecule has 0 atom stereocenters. The lowest BCUT2D eigenvalue weighted by atomic mass is 10.1. The van der Waals surface area contributed by atoms with Crippen LogP contribution in [0.1, 0.15) is 72.2 Å². The van der Waals surface area contributed by atoms with Gasteiger partial charge in [-0.2, -0.15) is 0 Å². The lowest BCUT2D eigenvalue weighted by Crippen LogP contribution is -1.94. The highest BCUT2D eigenvalue weighted by Gasteiger charge is 2.26. The zero-order valence-electron chi connectivity index (χ0n) is 51.9. The molecule has 18 rings (SSSR count). The van der Waals surface area contributed by atoms with Crippen molar-refractivity contribution in [3.63, 3.8) is 0 Å². The summed E-state index contributed by atoms with van der Waals surface area (Å²) >= 11 is 7.58. The Hall–Kier alpha value is -10.5. The Morgan fingerprint density at radius 1 is 0.239 bits per heavy atom. The first-order valence-corrected chi connectivity index (χ1v) is 34.1. The Balaban J connectivity index is 0.000000141. The van der Waals surface area contributed by atoms with Gasteiger partial charge in [0, 0.05) is 107 Å². The lowest BCUT2D eigenvalue weighted by Gasteiger charge is -2.10. The molecule has 436 valence electrons. The predicted octanol–water partition coefficient (Wildman–Crippen LogP) is 23.3. The summed E-state index contributed by atoms with van der Waals surface area (Å²) in [5.74, 6) is 25.4. The van der Waals surface area contributed by atoms with Gasteiger partial charge in [-0.1, -0.05) is 119 Å². The van der Waals surface area contributed by atoms with Gasteiger partial charge in [0.15, 0.2) is 0 Å². The fourth-order valence-corrected chi connectivity index (χ4v) is 18.8. The first kappa shape index (κ1) is 55.5. The van der Waals surface area contributed by atoms with E-state index in [4.69, 9.17) is 0 Å². The van der Waals surface area contributed by atoms with Gasteiger partial charge in [0.25, 0.3) is 0 Å². The second kappa shape index (κ2) is 21.6. The van der Waals surface area contributed by atoms with Crippen LogP contribution in [-0.2, 0) is 0 Å². The van der Waals surface area contributed by atoms with E-state index in [0.717, 1.165) is 22.3 Å². The van der Waals surface area contributed by atoms with Crippen LogP contribution in [-0.4, -0.2) is 18.3 Å². The summed E-state index contributed by atoms with van der Waals surface area (Å²) in [6.45, 7) is 16.2. The van der Waals surface area contributed by atoms with E-state index >= 15 is 0 Å². The Labute approximate surface area is 548 Å². The van der Waals surface area contributed by atoms with E-state index in [1.807, 2.05) is 73.0 Å². The average molecular weight is 1250 g/mol. The number of nitrogens with zero attached hydrogens (tertiary/aromatic N) is 4. The fourth-order valence-electron chi connectivity index (χ4n) is 13.8. The molecule has 92 heavy (non-hydrogen) atoms. The maximum absolute atomic E-state index is 3.28. The number of rotatable bonds is 4. The zero-order valence-corrected chi connectivity index (χ0v) is 55.2. The van der Waals surface area contributed by atoms with Crippen LogP contribution in [0.25, 0.3) is 148 Å². The molecule has 0 saturated heterocycles. The summed E-state index contributed by atoms with van der Waals surface area (Å²) in [6, 6.07) is 71.9. The topological polar surface area (TPSA) is 19.7 Å². The number of benzene rings is 10. The third kappa shape index (κ3) is 8.68. The maximum atomic E-state index is 3.28. The normalized spacial score (nSPS) is 11.6. The van der Waals surface area contributed by atoms with Crippen LogP contribution >= 0.6 is 45.3 Å². The third-order valence-electron chi connectivity index (χ3n) is 18.0. The minimum atomic E-state index is 1.04. The van der Waals surface area contributed by atoms with Crippen molar-refractivity contribution in [2.75, 3.05) is 0 Å². The van der Waals surface area contributed by atoms with Gasteiger partial charge < -0.3 is 18.3 Å². The molecule has 8 heteroatoms. The second-order valence-electron chi connectivity index (χ2n) is 23.9. The van der Waals surface area contributed by atoms with Crippen molar-refractivity contribution in [1.82, 2.24) is 18.3 Å². The molecule has 4 nitrogen and oxygen atoms in total. The van der Waals surface area contributed by atoms with Crippen molar-refractivity contribution in [3.05, 3.63) is 239 Å². The first-order chi connectivity index (χ1) is 45.0. The monoisotopic (exact) mass is 1250 g/mol. The molecule has 0 aliphatic carbocycles. The summed E-state index contributed by atoms with van der Waals surface area (Å²) < 4.78 is 20.3. The number of aromatic nitrogens is 4. The molecule has 10 aromatic carbocycles. The summed E-state index contributed by atoms with van der Waals surface area (Å²) in [7, 11) is 0. The van der Waals surface area contributed by atoms with Crippen LogP contribution in [0.3, 0.4) is 0 Å². The number of hydrogen-bond donors (Lipinski definition) is 0. The van der Waals surface area contributed by atoms with Gasteiger partial charge in [0.05, 0.1) is 62.9 Å². The van der Waals surface area contributed by atoms with Gasteiger partial charge in [0.2, 0.25) is 0 Å². The number of hydrogen-bond acceptors (Lipinski definition) is 4. The summed E-state index contributed by atoms with van der Waals surface area (Å²) in [5, 5.41) is 10.3. The van der Waals surface area contributed by atoms with Gasteiger partial charge in [-0.3, -0.25) is 0 Å². The molecule has 8 aromatic heterocycles. The molecule has 18 aromatic rings. The Kier molecular flexibility index (Phi) is 13.0. The molecule has 0 bridgehead atoms. The van der Waals surface area contributed by atoms with Crippen LogP contribution in [0, 0.1) is 75.1 Å². The molecule has 0 aliphatic rings. The van der Waals surface area contributed by atoms with Gasteiger partial charge in [0.1, 0.15) is 0 Å². The highest BCUT2D eigenvalue weighted by atomic mass is 32.1. The number of fused-ring (bicyclic) bond motifs is 20. The van der Waals surface area contributed by atoms with Crippen molar-refractivity contribution in [2.45, 2.75) is 55.4 Å². The molecule has 0 amide bonds. The van der Waals surface area contributed by atoms with Crippen LogP contribution < -0.4 is 0 Å². The minimum absolute atomic E-state index is 1.04. The molecule has 8 heterocycles. The Morgan fingerprint density at radius 2 is 0.446 bits per heavy atom. The number of aryl methyl sites for hydroxylation is 4. The summed E-state index contributed by atoms with van der Waals surface area (Å²) in [4.78, 5) is 0. The van der Waals surface area contributed by atoms with Crippen molar-refractivity contribution in [3.8, 4) is 70.1 Å². The van der Waals surface area contributed by atoms with E-state index < -0.39 is 0 Å². The molecule has 0 unspecified atom stereocenters. The van der Waals surface area contributed by atoms with Crippen molar-refractivity contribution in [2.24, 2.45) is 0 Å². The largest absolute Gasteiger partial charge is 0.308 e. The lowest BCUT2D eigenvalue weighted by molar-refractivity contribution is 1.18. The van der Waals surface area contributed by atoms with E-state index in [1.165, 1.54) is 170 Å². The van der Waals surface area contributed by atoms with Gasteiger partial charge in [-0.05, 0) is 177 Å². The van der Waals surface area contributed by atoms with Gasteiger partial charge >= 0.3 is 0 Å². The molecule has 0 fully saturated rings.